The van der Waals surface area contributed by atoms with Crippen molar-refractivity contribution in [2.75, 3.05) is 5.32 Å². The standard InChI is InChI=1S/C19H26N2O2/c1-2-13-8-10-15(11-9-13)21-19(23)17-12-16(17)18(22)20-14-6-4-3-5-7-14/h8-11,14,16-17H,2-7,12H2,1H3,(H,20,22)(H,21,23). The van der Waals surface area contributed by atoms with Crippen molar-refractivity contribution in [2.24, 2.45) is 11.8 Å². The van der Waals surface area contributed by atoms with Crippen LogP contribution >= 0.6 is 0 Å². The number of amides is 2. The van der Waals surface area contributed by atoms with Gasteiger partial charge in [-0.25, -0.2) is 0 Å². The van der Waals surface area contributed by atoms with Crippen molar-refractivity contribution in [3.63, 3.8) is 0 Å². The average Bonchev–Trinajstić information content (AvgIpc) is 3.37. The Kier molecular flexibility index (Phi) is 4.99. The van der Waals surface area contributed by atoms with Gasteiger partial charge < -0.3 is 10.6 Å². The number of nitrogens with one attached hydrogen (secondary N) is 2. The van der Waals surface area contributed by atoms with E-state index < -0.39 is 0 Å². The number of carbonyl (C=O) groups is 2. The molecule has 0 saturated heterocycles. The molecule has 0 heterocycles. The summed E-state index contributed by atoms with van der Waals surface area (Å²) in [6, 6.07) is 8.22. The molecule has 2 saturated carbocycles. The Morgan fingerprint density at radius 3 is 2.30 bits per heavy atom. The van der Waals surface area contributed by atoms with Gasteiger partial charge in [-0.05, 0) is 43.4 Å². The fraction of sp³-hybridized carbons (Fsp3) is 0.579. The van der Waals surface area contributed by atoms with E-state index in [2.05, 4.69) is 17.6 Å². The van der Waals surface area contributed by atoms with Crippen LogP contribution in [0.25, 0.3) is 0 Å². The normalized spacial score (nSPS) is 24.0. The maximum absolute atomic E-state index is 12.2. The second-order valence-corrected chi connectivity index (χ2v) is 6.83. The number of hydrogen-bond acceptors (Lipinski definition) is 2. The van der Waals surface area contributed by atoms with Crippen LogP contribution in [0.4, 0.5) is 5.69 Å². The lowest BCUT2D eigenvalue weighted by atomic mass is 9.95. The van der Waals surface area contributed by atoms with E-state index in [0.29, 0.717) is 12.5 Å². The van der Waals surface area contributed by atoms with E-state index in [1.54, 1.807) is 0 Å². The first kappa shape index (κ1) is 16.0. The van der Waals surface area contributed by atoms with E-state index in [9.17, 15) is 9.59 Å². The fourth-order valence-corrected chi connectivity index (χ4v) is 3.39. The van der Waals surface area contributed by atoms with Crippen LogP contribution in [0.15, 0.2) is 24.3 Å². The number of rotatable bonds is 5. The van der Waals surface area contributed by atoms with Crippen LogP contribution in [-0.4, -0.2) is 17.9 Å². The van der Waals surface area contributed by atoms with Crippen molar-refractivity contribution < 1.29 is 9.59 Å². The molecule has 2 N–H and O–H groups in total. The number of anilines is 1. The minimum atomic E-state index is -0.163. The smallest absolute Gasteiger partial charge is 0.228 e. The molecule has 2 aliphatic rings. The van der Waals surface area contributed by atoms with Crippen molar-refractivity contribution in [3.8, 4) is 0 Å². The quantitative estimate of drug-likeness (QED) is 0.876. The maximum atomic E-state index is 12.2. The summed E-state index contributed by atoms with van der Waals surface area (Å²) < 4.78 is 0. The molecule has 4 nitrogen and oxygen atoms in total. The van der Waals surface area contributed by atoms with Crippen molar-refractivity contribution in [1.82, 2.24) is 5.32 Å². The molecule has 2 fully saturated rings. The van der Waals surface area contributed by atoms with Crippen molar-refractivity contribution >= 4 is 17.5 Å². The molecule has 2 amide bonds. The van der Waals surface area contributed by atoms with E-state index in [1.807, 2.05) is 24.3 Å². The maximum Gasteiger partial charge on any atom is 0.228 e. The molecule has 0 spiro atoms. The molecule has 1 aromatic carbocycles. The number of aryl methyl sites for hydroxylation is 1. The van der Waals surface area contributed by atoms with Crippen LogP contribution in [0.5, 0.6) is 0 Å². The Bertz CT molecular complexity index is 561. The molecule has 0 aliphatic heterocycles. The first-order valence-electron chi connectivity index (χ1n) is 8.87. The van der Waals surface area contributed by atoms with Gasteiger partial charge in [-0.15, -0.1) is 0 Å². The van der Waals surface area contributed by atoms with Crippen LogP contribution in [0, 0.1) is 11.8 Å². The highest BCUT2D eigenvalue weighted by Crippen LogP contribution is 2.40. The van der Waals surface area contributed by atoms with E-state index in [0.717, 1.165) is 24.9 Å². The van der Waals surface area contributed by atoms with Crippen LogP contribution in [-0.2, 0) is 16.0 Å². The van der Waals surface area contributed by atoms with Gasteiger partial charge in [0.2, 0.25) is 11.8 Å². The lowest BCUT2D eigenvalue weighted by molar-refractivity contribution is -0.126. The Hall–Kier alpha value is -1.84. The van der Waals surface area contributed by atoms with Gasteiger partial charge in [0.15, 0.2) is 0 Å². The molecule has 2 atom stereocenters. The van der Waals surface area contributed by atoms with Gasteiger partial charge in [0.05, 0.1) is 11.8 Å². The molecule has 0 bridgehead atoms. The molecule has 1 aromatic rings. The van der Waals surface area contributed by atoms with Crippen molar-refractivity contribution in [3.05, 3.63) is 29.8 Å². The predicted molar refractivity (Wildman–Crippen MR) is 91.1 cm³/mol. The summed E-state index contributed by atoms with van der Waals surface area (Å²) in [7, 11) is 0. The Morgan fingerprint density at radius 1 is 1.00 bits per heavy atom. The molecule has 2 unspecified atom stereocenters. The summed E-state index contributed by atoms with van der Waals surface area (Å²) in [6.45, 7) is 2.10. The molecule has 0 aromatic heterocycles. The van der Waals surface area contributed by atoms with E-state index in [1.165, 1.54) is 24.8 Å². The van der Waals surface area contributed by atoms with E-state index in [4.69, 9.17) is 0 Å². The van der Waals surface area contributed by atoms with Gasteiger partial charge in [-0.1, -0.05) is 38.3 Å². The van der Waals surface area contributed by atoms with Gasteiger partial charge in [-0.3, -0.25) is 9.59 Å². The first-order valence-corrected chi connectivity index (χ1v) is 8.87. The van der Waals surface area contributed by atoms with Crippen LogP contribution in [0.2, 0.25) is 0 Å². The minimum Gasteiger partial charge on any atom is -0.353 e. The zero-order valence-electron chi connectivity index (χ0n) is 13.8. The van der Waals surface area contributed by atoms with Gasteiger partial charge >= 0.3 is 0 Å². The highest BCUT2D eigenvalue weighted by molar-refractivity contribution is 5.99. The average molecular weight is 314 g/mol. The molecular formula is C19H26N2O2. The summed E-state index contributed by atoms with van der Waals surface area (Å²) >= 11 is 0. The molecule has 4 heteroatoms. The molecular weight excluding hydrogens is 288 g/mol. The monoisotopic (exact) mass is 314 g/mol. The summed E-state index contributed by atoms with van der Waals surface area (Å²) in [5, 5.41) is 6.05. The van der Waals surface area contributed by atoms with Crippen LogP contribution in [0.3, 0.4) is 0 Å². The molecule has 0 radical (unpaired) electrons. The topological polar surface area (TPSA) is 58.2 Å². The number of hydrogen-bond donors (Lipinski definition) is 2. The highest BCUT2D eigenvalue weighted by Gasteiger charge is 2.48. The third-order valence-electron chi connectivity index (χ3n) is 5.05. The molecule has 2 aliphatic carbocycles. The fourth-order valence-electron chi connectivity index (χ4n) is 3.39. The van der Waals surface area contributed by atoms with Crippen LogP contribution in [0.1, 0.15) is 51.0 Å². The predicted octanol–water partition coefficient (Wildman–Crippen LogP) is 3.27. The number of benzene rings is 1. The second kappa shape index (κ2) is 7.16. The summed E-state index contributed by atoms with van der Waals surface area (Å²) in [5.41, 5.74) is 2.06. The van der Waals surface area contributed by atoms with E-state index in [-0.39, 0.29) is 23.7 Å². The van der Waals surface area contributed by atoms with Gasteiger partial charge in [0.25, 0.3) is 0 Å². The summed E-state index contributed by atoms with van der Waals surface area (Å²) in [6.07, 6.45) is 7.51. The van der Waals surface area contributed by atoms with Crippen molar-refractivity contribution in [2.45, 2.75) is 57.9 Å². The van der Waals surface area contributed by atoms with Gasteiger partial charge in [-0.2, -0.15) is 0 Å². The Labute approximate surface area is 138 Å². The third-order valence-corrected chi connectivity index (χ3v) is 5.05. The highest BCUT2D eigenvalue weighted by atomic mass is 16.2. The van der Waals surface area contributed by atoms with Gasteiger partial charge in [0, 0.05) is 11.7 Å². The minimum absolute atomic E-state index is 0.0296. The Morgan fingerprint density at radius 2 is 1.65 bits per heavy atom. The summed E-state index contributed by atoms with van der Waals surface area (Å²) in [5.74, 6) is -0.257. The number of carbonyl (C=O) groups excluding carboxylic acids is 2. The Balaban J connectivity index is 1.46. The van der Waals surface area contributed by atoms with Gasteiger partial charge in [0.1, 0.15) is 0 Å². The van der Waals surface area contributed by atoms with Crippen molar-refractivity contribution in [1.29, 1.82) is 0 Å². The molecule has 124 valence electrons. The lowest BCUT2D eigenvalue weighted by Crippen LogP contribution is -2.37. The van der Waals surface area contributed by atoms with E-state index >= 15 is 0 Å². The zero-order chi connectivity index (χ0) is 16.2. The zero-order valence-corrected chi connectivity index (χ0v) is 13.8. The molecule has 23 heavy (non-hydrogen) atoms. The second-order valence-electron chi connectivity index (χ2n) is 6.83. The first-order chi connectivity index (χ1) is 11.2. The third kappa shape index (κ3) is 4.12. The van der Waals surface area contributed by atoms with Crippen LogP contribution < -0.4 is 10.6 Å². The lowest BCUT2D eigenvalue weighted by Gasteiger charge is -2.22. The summed E-state index contributed by atoms with van der Waals surface area (Å²) in [4.78, 5) is 24.5. The SMILES string of the molecule is CCc1ccc(NC(=O)C2CC2C(=O)NC2CCCCC2)cc1. The molecule has 3 rings (SSSR count). The largest absolute Gasteiger partial charge is 0.353 e.